The summed E-state index contributed by atoms with van der Waals surface area (Å²) in [5.41, 5.74) is 0. The Labute approximate surface area is 109 Å². The van der Waals surface area contributed by atoms with Crippen LogP contribution in [0.3, 0.4) is 0 Å². The minimum atomic E-state index is -2.97. The van der Waals surface area contributed by atoms with E-state index in [2.05, 4.69) is 22.4 Å². The number of rotatable bonds is 9. The van der Waals surface area contributed by atoms with E-state index in [1.54, 1.807) is 0 Å². The number of isothiocyanates is 1. The highest BCUT2D eigenvalue weighted by Gasteiger charge is 2.26. The summed E-state index contributed by atoms with van der Waals surface area (Å²) in [7, 11) is -2.97. The molecular weight excluding hydrogens is 257 g/mol. The van der Waals surface area contributed by atoms with Crippen molar-refractivity contribution in [3.8, 4) is 0 Å². The number of nitrogens with zero attached hydrogens (tertiary/aromatic N) is 1. The molecule has 0 rings (SSSR count). The standard InChI is InChI=1S/C11H22NO3PS/c1-10(2)14-16(13,15-11(3)4)8-6-5-7-12-9-17/h10-11H,5-8H2,1-4H3. The van der Waals surface area contributed by atoms with E-state index in [1.807, 2.05) is 27.7 Å². The van der Waals surface area contributed by atoms with Crippen molar-refractivity contribution in [1.82, 2.24) is 0 Å². The van der Waals surface area contributed by atoms with E-state index in [0.717, 1.165) is 12.8 Å². The number of hydrogen-bond donors (Lipinski definition) is 0. The largest absolute Gasteiger partial charge is 0.331 e. The Hall–Kier alpha value is -0.0500. The fraction of sp³-hybridized carbons (Fsp3) is 0.909. The van der Waals surface area contributed by atoms with Crippen molar-refractivity contribution >= 4 is 25.0 Å². The average Bonchev–Trinajstić information content (AvgIpc) is 2.14. The van der Waals surface area contributed by atoms with Crippen LogP contribution in [-0.4, -0.2) is 30.1 Å². The topological polar surface area (TPSA) is 47.9 Å². The molecule has 0 atom stereocenters. The van der Waals surface area contributed by atoms with E-state index in [1.165, 1.54) is 0 Å². The molecule has 0 aromatic carbocycles. The van der Waals surface area contributed by atoms with Gasteiger partial charge in [-0.2, -0.15) is 0 Å². The lowest BCUT2D eigenvalue weighted by molar-refractivity contribution is 0.142. The molecule has 6 heteroatoms. The summed E-state index contributed by atoms with van der Waals surface area (Å²) in [5, 5.41) is 2.31. The Morgan fingerprint density at radius 2 is 1.71 bits per heavy atom. The van der Waals surface area contributed by atoms with Gasteiger partial charge >= 0.3 is 7.60 Å². The second-order valence-electron chi connectivity index (χ2n) is 4.32. The number of unbranched alkanes of at least 4 members (excludes halogenated alkanes) is 1. The van der Waals surface area contributed by atoms with Crippen molar-refractivity contribution < 1.29 is 13.6 Å². The Kier molecular flexibility index (Phi) is 8.93. The smallest absolute Gasteiger partial charge is 0.306 e. The third kappa shape index (κ3) is 9.63. The maximum Gasteiger partial charge on any atom is 0.331 e. The van der Waals surface area contributed by atoms with Gasteiger partial charge in [0.05, 0.1) is 23.5 Å². The molecule has 0 aromatic heterocycles. The quantitative estimate of drug-likeness (QED) is 0.278. The van der Waals surface area contributed by atoms with Crippen LogP contribution in [0.4, 0.5) is 0 Å². The van der Waals surface area contributed by atoms with E-state index in [4.69, 9.17) is 9.05 Å². The second-order valence-corrected chi connectivity index (χ2v) is 6.60. The summed E-state index contributed by atoms with van der Waals surface area (Å²) < 4.78 is 23.2. The molecule has 0 heterocycles. The van der Waals surface area contributed by atoms with Gasteiger partial charge in [0, 0.05) is 6.54 Å². The maximum atomic E-state index is 12.4. The lowest BCUT2D eigenvalue weighted by Crippen LogP contribution is -2.10. The monoisotopic (exact) mass is 279 g/mol. The van der Waals surface area contributed by atoms with Crippen molar-refractivity contribution in [1.29, 1.82) is 0 Å². The summed E-state index contributed by atoms with van der Waals surface area (Å²) in [4.78, 5) is 3.81. The molecule has 0 unspecified atom stereocenters. The Balaban J connectivity index is 4.18. The first kappa shape index (κ1) is 16.9. The van der Waals surface area contributed by atoms with Crippen molar-refractivity contribution in [2.75, 3.05) is 12.7 Å². The zero-order valence-electron chi connectivity index (χ0n) is 11.0. The highest BCUT2D eigenvalue weighted by atomic mass is 32.1. The van der Waals surface area contributed by atoms with E-state index in [0.29, 0.717) is 12.7 Å². The number of thiocarbonyl (C=S) groups is 1. The molecule has 0 aliphatic carbocycles. The maximum absolute atomic E-state index is 12.4. The minimum absolute atomic E-state index is 0.0985. The van der Waals surface area contributed by atoms with Gasteiger partial charge in [-0.05, 0) is 52.8 Å². The van der Waals surface area contributed by atoms with Gasteiger partial charge in [-0.3, -0.25) is 4.57 Å². The molecule has 0 radical (unpaired) electrons. The number of aliphatic imine (C=N–C) groups is 1. The summed E-state index contributed by atoms with van der Waals surface area (Å²) in [6.07, 6.45) is 1.79. The first-order valence-electron chi connectivity index (χ1n) is 5.89. The molecule has 0 saturated heterocycles. The molecule has 0 aromatic rings. The highest BCUT2D eigenvalue weighted by Crippen LogP contribution is 2.51. The molecule has 4 nitrogen and oxygen atoms in total. The van der Waals surface area contributed by atoms with Crippen molar-refractivity contribution in [3.63, 3.8) is 0 Å². The van der Waals surface area contributed by atoms with Crippen LogP contribution in [0.2, 0.25) is 0 Å². The van der Waals surface area contributed by atoms with E-state index < -0.39 is 7.60 Å². The van der Waals surface area contributed by atoms with Gasteiger partial charge in [0.25, 0.3) is 0 Å². The van der Waals surface area contributed by atoms with Gasteiger partial charge in [-0.15, -0.1) is 0 Å². The van der Waals surface area contributed by atoms with Gasteiger partial charge < -0.3 is 9.05 Å². The predicted molar refractivity (Wildman–Crippen MR) is 74.0 cm³/mol. The van der Waals surface area contributed by atoms with Gasteiger partial charge in [-0.1, -0.05) is 0 Å². The van der Waals surface area contributed by atoms with Crippen LogP contribution in [0.5, 0.6) is 0 Å². The minimum Gasteiger partial charge on any atom is -0.306 e. The van der Waals surface area contributed by atoms with Crippen LogP contribution < -0.4 is 0 Å². The zero-order chi connectivity index (χ0) is 13.3. The Bertz CT molecular complexity index is 287. The van der Waals surface area contributed by atoms with Crippen LogP contribution in [-0.2, 0) is 13.6 Å². The molecule has 0 aliphatic heterocycles. The molecule has 100 valence electrons. The van der Waals surface area contributed by atoms with Crippen LogP contribution >= 0.6 is 19.8 Å². The van der Waals surface area contributed by atoms with Crippen LogP contribution in [0, 0.1) is 0 Å². The van der Waals surface area contributed by atoms with Crippen molar-refractivity contribution in [2.45, 2.75) is 52.7 Å². The zero-order valence-corrected chi connectivity index (χ0v) is 12.7. The molecule has 0 N–H and O–H groups in total. The molecule has 0 bridgehead atoms. The van der Waals surface area contributed by atoms with Gasteiger partial charge in [0.1, 0.15) is 0 Å². The average molecular weight is 279 g/mol. The first-order valence-corrected chi connectivity index (χ1v) is 8.02. The summed E-state index contributed by atoms with van der Waals surface area (Å²) in [6, 6.07) is 0. The van der Waals surface area contributed by atoms with Crippen LogP contribution in [0.15, 0.2) is 4.99 Å². The molecule has 17 heavy (non-hydrogen) atoms. The third-order valence-electron chi connectivity index (χ3n) is 1.76. The third-order valence-corrected chi connectivity index (χ3v) is 4.24. The summed E-state index contributed by atoms with van der Waals surface area (Å²) in [6.45, 7) is 8.03. The van der Waals surface area contributed by atoms with Crippen molar-refractivity contribution in [3.05, 3.63) is 0 Å². The van der Waals surface area contributed by atoms with Crippen LogP contribution in [0.25, 0.3) is 0 Å². The summed E-state index contributed by atoms with van der Waals surface area (Å²) >= 11 is 4.47. The molecule has 0 aliphatic rings. The molecule has 0 fully saturated rings. The predicted octanol–water partition coefficient (Wildman–Crippen LogP) is 3.91. The van der Waals surface area contributed by atoms with E-state index in [-0.39, 0.29) is 12.2 Å². The van der Waals surface area contributed by atoms with E-state index >= 15 is 0 Å². The Morgan fingerprint density at radius 3 is 2.12 bits per heavy atom. The number of hydrogen-bond acceptors (Lipinski definition) is 5. The fourth-order valence-corrected chi connectivity index (χ4v) is 3.56. The first-order chi connectivity index (χ1) is 7.89. The molecule has 0 amide bonds. The van der Waals surface area contributed by atoms with Gasteiger partial charge in [-0.25, -0.2) is 4.99 Å². The fourth-order valence-electron chi connectivity index (χ4n) is 1.31. The second kappa shape index (κ2) is 8.96. The van der Waals surface area contributed by atoms with Gasteiger partial charge in [0.2, 0.25) is 0 Å². The lowest BCUT2D eigenvalue weighted by atomic mass is 10.3. The lowest BCUT2D eigenvalue weighted by Gasteiger charge is -2.22. The molecule has 0 spiro atoms. The van der Waals surface area contributed by atoms with Crippen molar-refractivity contribution in [2.24, 2.45) is 4.99 Å². The van der Waals surface area contributed by atoms with E-state index in [9.17, 15) is 4.57 Å². The normalized spacial score (nSPS) is 11.9. The highest BCUT2D eigenvalue weighted by molar-refractivity contribution is 7.78. The molecule has 0 saturated carbocycles. The van der Waals surface area contributed by atoms with Crippen LogP contribution in [0.1, 0.15) is 40.5 Å². The Morgan fingerprint density at radius 1 is 1.18 bits per heavy atom. The summed E-state index contributed by atoms with van der Waals surface area (Å²) in [5.74, 6) is 0. The molecular formula is C11H22NO3PS. The SMILES string of the molecule is CC(C)OP(=O)(CCCCN=C=S)OC(C)C. The van der Waals surface area contributed by atoms with Gasteiger partial charge in [0.15, 0.2) is 0 Å².